The van der Waals surface area contributed by atoms with E-state index in [2.05, 4.69) is 73.5 Å². The van der Waals surface area contributed by atoms with Crippen LogP contribution in [0.1, 0.15) is 56.7 Å². The fourth-order valence-electron chi connectivity index (χ4n) is 4.83. The third kappa shape index (κ3) is 3.31. The van der Waals surface area contributed by atoms with Crippen molar-refractivity contribution in [2.75, 3.05) is 0 Å². The molecule has 4 heteroatoms. The van der Waals surface area contributed by atoms with Gasteiger partial charge < -0.3 is 4.57 Å². The van der Waals surface area contributed by atoms with Crippen LogP contribution in [0.15, 0.2) is 53.5 Å². The van der Waals surface area contributed by atoms with Crippen molar-refractivity contribution < 1.29 is 0 Å². The Labute approximate surface area is 172 Å². The van der Waals surface area contributed by atoms with Crippen molar-refractivity contribution in [3.8, 4) is 0 Å². The van der Waals surface area contributed by atoms with Gasteiger partial charge in [0.05, 0.1) is 17.6 Å². The highest BCUT2D eigenvalue weighted by molar-refractivity contribution is 5.87. The average Bonchev–Trinajstić information content (AvgIpc) is 3.17. The van der Waals surface area contributed by atoms with Crippen LogP contribution >= 0.6 is 0 Å². The molecule has 0 spiro atoms. The van der Waals surface area contributed by atoms with Crippen LogP contribution in [-0.4, -0.2) is 13.7 Å². The Hall–Kier alpha value is -2.75. The van der Waals surface area contributed by atoms with Crippen LogP contribution in [0, 0.1) is 6.92 Å². The van der Waals surface area contributed by atoms with Crippen molar-refractivity contribution in [3.05, 3.63) is 70.3 Å². The predicted octanol–water partition coefficient (Wildman–Crippen LogP) is 5.79. The van der Waals surface area contributed by atoms with E-state index in [1.165, 1.54) is 22.0 Å². The average molecular weight is 390 g/mol. The van der Waals surface area contributed by atoms with Crippen molar-refractivity contribution in [3.63, 3.8) is 0 Å². The van der Waals surface area contributed by atoms with Crippen LogP contribution in [0.25, 0.3) is 21.9 Å². The van der Waals surface area contributed by atoms with Gasteiger partial charge in [0.2, 0.25) is 0 Å². The normalized spacial score (nSPS) is 11.9. The van der Waals surface area contributed by atoms with E-state index in [1.807, 2.05) is 16.7 Å². The second-order valence-electron chi connectivity index (χ2n) is 8.19. The molecule has 0 saturated carbocycles. The Kier molecular flexibility index (Phi) is 5.35. The zero-order valence-electron chi connectivity index (χ0n) is 18.0. The van der Waals surface area contributed by atoms with Crippen LogP contribution < -0.4 is 5.69 Å². The lowest BCUT2D eigenvalue weighted by molar-refractivity contribution is 0.421. The first-order valence-electron chi connectivity index (χ1n) is 10.8. The molecule has 2 aromatic carbocycles. The third-order valence-corrected chi connectivity index (χ3v) is 6.11. The summed E-state index contributed by atoms with van der Waals surface area (Å²) in [6, 6.07) is 14.9. The van der Waals surface area contributed by atoms with Gasteiger partial charge in [-0.2, -0.15) is 0 Å². The van der Waals surface area contributed by atoms with Crippen molar-refractivity contribution in [2.24, 2.45) is 7.05 Å². The summed E-state index contributed by atoms with van der Waals surface area (Å²) >= 11 is 0. The lowest BCUT2D eigenvalue weighted by atomic mass is 10.1. The maximum atomic E-state index is 13.6. The number of nitrogens with zero attached hydrogens (tertiary/aromatic N) is 3. The molecule has 4 rings (SSSR count). The van der Waals surface area contributed by atoms with Crippen LogP contribution in [0.3, 0.4) is 0 Å². The quantitative estimate of drug-likeness (QED) is 0.393. The zero-order valence-corrected chi connectivity index (χ0v) is 18.0. The van der Waals surface area contributed by atoms with Gasteiger partial charge in [0.15, 0.2) is 0 Å². The van der Waals surface area contributed by atoms with Gasteiger partial charge in [-0.25, -0.2) is 4.79 Å². The van der Waals surface area contributed by atoms with E-state index in [0.29, 0.717) is 6.54 Å². The molecule has 152 valence electrons. The molecule has 0 atom stereocenters. The van der Waals surface area contributed by atoms with Crippen LogP contribution in [0.2, 0.25) is 0 Å². The predicted molar refractivity (Wildman–Crippen MR) is 122 cm³/mol. The Morgan fingerprint density at radius 3 is 2.24 bits per heavy atom. The first-order chi connectivity index (χ1) is 14.1. The van der Waals surface area contributed by atoms with Crippen molar-refractivity contribution in [2.45, 2.75) is 59.0 Å². The highest BCUT2D eigenvalue weighted by Crippen LogP contribution is 2.28. The molecule has 0 radical (unpaired) electrons. The lowest BCUT2D eigenvalue weighted by Crippen LogP contribution is -2.28. The molecule has 29 heavy (non-hydrogen) atoms. The number of benzene rings is 2. The second kappa shape index (κ2) is 7.94. The summed E-state index contributed by atoms with van der Waals surface area (Å²) in [5, 5.41) is 1.26. The highest BCUT2D eigenvalue weighted by atomic mass is 16.1. The summed E-state index contributed by atoms with van der Waals surface area (Å²) in [4.78, 5) is 13.6. The molecule has 0 bridgehead atoms. The molecular formula is C25H31N3O. The summed E-state index contributed by atoms with van der Waals surface area (Å²) < 4.78 is 6.19. The Morgan fingerprint density at radius 1 is 0.897 bits per heavy atom. The fraction of sp³-hybridized carbons (Fsp3) is 0.400. The van der Waals surface area contributed by atoms with Gasteiger partial charge in [-0.3, -0.25) is 9.13 Å². The third-order valence-electron chi connectivity index (χ3n) is 6.11. The summed E-state index contributed by atoms with van der Waals surface area (Å²) in [6.07, 6.45) is 6.41. The minimum Gasteiger partial charge on any atom is -0.350 e. The van der Waals surface area contributed by atoms with Crippen molar-refractivity contribution in [1.29, 1.82) is 0 Å². The number of imidazole rings is 1. The molecule has 0 saturated heterocycles. The molecular weight excluding hydrogens is 358 g/mol. The number of rotatable bonds is 7. The van der Waals surface area contributed by atoms with Gasteiger partial charge in [0, 0.05) is 30.2 Å². The van der Waals surface area contributed by atoms with Gasteiger partial charge >= 0.3 is 5.69 Å². The molecule has 0 fully saturated rings. The smallest absolute Gasteiger partial charge is 0.329 e. The van der Waals surface area contributed by atoms with Gasteiger partial charge in [0.1, 0.15) is 0 Å². The first kappa shape index (κ1) is 19.6. The standard InChI is InChI=1S/C25H31N3O/c1-5-10-20(11-6-2)28-22-14-8-7-13-21(22)27(25(28)29)17-19-16-26(4)23-15-9-12-18(3)24(19)23/h7-9,12-16,20H,5-6,10-11,17H2,1-4H3. The van der Waals surface area contributed by atoms with E-state index in [-0.39, 0.29) is 11.7 Å². The van der Waals surface area contributed by atoms with E-state index >= 15 is 0 Å². The zero-order chi connectivity index (χ0) is 20.5. The van der Waals surface area contributed by atoms with Crippen LogP contribution in [-0.2, 0) is 13.6 Å². The SMILES string of the molecule is CCCC(CCC)n1c(=O)n(Cc2cn(C)c3cccc(C)c23)c2ccccc21. The summed E-state index contributed by atoms with van der Waals surface area (Å²) in [5.41, 5.74) is 5.87. The topological polar surface area (TPSA) is 31.9 Å². The molecule has 0 aliphatic carbocycles. The van der Waals surface area contributed by atoms with Crippen LogP contribution in [0.4, 0.5) is 0 Å². The van der Waals surface area contributed by atoms with Gasteiger partial charge in [-0.05, 0) is 49.1 Å². The number of hydrogen-bond donors (Lipinski definition) is 0. The molecule has 0 aliphatic heterocycles. The van der Waals surface area contributed by atoms with Crippen LogP contribution in [0.5, 0.6) is 0 Å². The molecule has 4 nitrogen and oxygen atoms in total. The van der Waals surface area contributed by atoms with Gasteiger partial charge in [-0.1, -0.05) is 51.0 Å². The van der Waals surface area contributed by atoms with E-state index in [1.54, 1.807) is 0 Å². The lowest BCUT2D eigenvalue weighted by Gasteiger charge is -2.17. The maximum Gasteiger partial charge on any atom is 0.329 e. The summed E-state index contributed by atoms with van der Waals surface area (Å²) in [6.45, 7) is 7.15. The second-order valence-corrected chi connectivity index (χ2v) is 8.19. The van der Waals surface area contributed by atoms with E-state index < -0.39 is 0 Å². The number of para-hydroxylation sites is 2. The number of aryl methyl sites for hydroxylation is 2. The molecule has 2 aromatic heterocycles. The first-order valence-corrected chi connectivity index (χ1v) is 10.8. The van der Waals surface area contributed by atoms with Gasteiger partial charge in [0.25, 0.3) is 0 Å². The summed E-state index contributed by atoms with van der Waals surface area (Å²) in [5.74, 6) is 0. The minimum absolute atomic E-state index is 0.115. The number of hydrogen-bond acceptors (Lipinski definition) is 1. The fourth-order valence-corrected chi connectivity index (χ4v) is 4.83. The number of fused-ring (bicyclic) bond motifs is 2. The number of aromatic nitrogens is 3. The van der Waals surface area contributed by atoms with Crippen molar-refractivity contribution >= 4 is 21.9 Å². The van der Waals surface area contributed by atoms with E-state index in [0.717, 1.165) is 36.7 Å². The molecule has 0 aliphatic rings. The Bertz CT molecular complexity index is 1200. The molecule has 2 heterocycles. The van der Waals surface area contributed by atoms with Crippen molar-refractivity contribution in [1.82, 2.24) is 13.7 Å². The monoisotopic (exact) mass is 389 g/mol. The Morgan fingerprint density at radius 2 is 1.55 bits per heavy atom. The van der Waals surface area contributed by atoms with E-state index in [4.69, 9.17) is 0 Å². The minimum atomic E-state index is 0.115. The van der Waals surface area contributed by atoms with Gasteiger partial charge in [-0.15, -0.1) is 0 Å². The summed E-state index contributed by atoms with van der Waals surface area (Å²) in [7, 11) is 2.08. The molecule has 0 amide bonds. The van der Waals surface area contributed by atoms with E-state index in [9.17, 15) is 4.79 Å². The highest BCUT2D eigenvalue weighted by Gasteiger charge is 2.20. The Balaban J connectivity index is 1.90. The molecule has 4 aromatic rings. The molecule has 0 unspecified atom stereocenters. The maximum absolute atomic E-state index is 13.6. The molecule has 0 N–H and O–H groups in total. The largest absolute Gasteiger partial charge is 0.350 e.